The van der Waals surface area contributed by atoms with Crippen LogP contribution in [0.15, 0.2) is 126 Å². The minimum Gasteiger partial charge on any atom is -0.479 e. The maximum atomic E-state index is 13.2. The van der Waals surface area contributed by atoms with Crippen molar-refractivity contribution in [3.05, 3.63) is 193 Å². The second-order valence-corrected chi connectivity index (χ2v) is 18.5. The van der Waals surface area contributed by atoms with Gasteiger partial charge in [-0.15, -0.1) is 0 Å². The van der Waals surface area contributed by atoms with Gasteiger partial charge in [-0.3, -0.25) is 29.4 Å². The van der Waals surface area contributed by atoms with Crippen LogP contribution in [0.5, 0.6) is 0 Å². The van der Waals surface area contributed by atoms with Crippen molar-refractivity contribution in [1.82, 2.24) is 24.4 Å². The number of morpholine rings is 1. The van der Waals surface area contributed by atoms with Crippen molar-refractivity contribution in [2.24, 2.45) is 5.92 Å². The fourth-order valence-electron chi connectivity index (χ4n) is 8.83. The van der Waals surface area contributed by atoms with E-state index in [0.717, 1.165) is 50.1 Å². The Morgan fingerprint density at radius 2 is 1.19 bits per heavy atom. The molecule has 1 aliphatic heterocycles. The first-order chi connectivity index (χ1) is 35.4. The molecule has 0 radical (unpaired) electrons. The van der Waals surface area contributed by atoms with Gasteiger partial charge in [-0.2, -0.15) is 4.98 Å². The van der Waals surface area contributed by atoms with Gasteiger partial charge in [0.05, 0.1) is 23.0 Å². The summed E-state index contributed by atoms with van der Waals surface area (Å²) >= 11 is 0. The molecule has 3 heterocycles. The van der Waals surface area contributed by atoms with E-state index in [-0.39, 0.29) is 42.1 Å². The van der Waals surface area contributed by atoms with E-state index in [1.165, 1.54) is 6.33 Å². The number of anilines is 1. The maximum Gasteiger partial charge on any atom is 0.344 e. The van der Waals surface area contributed by atoms with Crippen LogP contribution < -0.4 is 10.9 Å². The van der Waals surface area contributed by atoms with Crippen LogP contribution in [0, 0.1) is 47.5 Å². The molecule has 2 atom stereocenters. The molecule has 8 rings (SSSR count). The molecule has 1 amide bonds. The number of rotatable bonds is 15. The summed E-state index contributed by atoms with van der Waals surface area (Å²) in [6.07, 6.45) is -0.0518. The molecule has 1 fully saturated rings. The van der Waals surface area contributed by atoms with Crippen molar-refractivity contribution >= 4 is 46.9 Å². The summed E-state index contributed by atoms with van der Waals surface area (Å²) in [4.78, 5) is 87.6. The average molecular weight is 1010 g/mol. The molecule has 0 spiro atoms. The normalized spacial score (nSPS) is 14.7. The summed E-state index contributed by atoms with van der Waals surface area (Å²) in [5, 5.41) is 11.1. The molecule has 5 aromatic carbocycles. The highest BCUT2D eigenvalue weighted by molar-refractivity contribution is 5.92. The first-order valence-electron chi connectivity index (χ1n) is 24.1. The predicted molar refractivity (Wildman–Crippen MR) is 277 cm³/mol. The number of imidazole rings is 1. The Hall–Kier alpha value is -8.28. The fraction of sp³-hybridized carbons (Fsp3) is 0.298. The van der Waals surface area contributed by atoms with Crippen molar-refractivity contribution in [3.8, 4) is 0 Å². The van der Waals surface area contributed by atoms with Crippen LogP contribution in [0.25, 0.3) is 11.2 Å². The Bertz CT molecular complexity index is 3080. The van der Waals surface area contributed by atoms with E-state index in [9.17, 15) is 28.8 Å². The van der Waals surface area contributed by atoms with Gasteiger partial charge in [0, 0.05) is 19.0 Å². The molecular formula is C57H60N6O11. The summed E-state index contributed by atoms with van der Waals surface area (Å²) in [6.45, 7) is 14.2. The predicted octanol–water partition coefficient (Wildman–Crippen LogP) is 8.08. The van der Waals surface area contributed by atoms with E-state index in [4.69, 9.17) is 19.3 Å². The topological polar surface area (TPSA) is 221 Å². The number of carboxylic acids is 1. The van der Waals surface area contributed by atoms with E-state index in [0.29, 0.717) is 17.7 Å². The van der Waals surface area contributed by atoms with E-state index in [1.807, 2.05) is 96.1 Å². The number of benzene rings is 5. The van der Waals surface area contributed by atoms with Crippen molar-refractivity contribution < 1.29 is 48.0 Å². The number of aromatic nitrogens is 4. The molecule has 17 nitrogen and oxygen atoms in total. The van der Waals surface area contributed by atoms with Crippen molar-refractivity contribution in [2.75, 3.05) is 38.2 Å². The van der Waals surface area contributed by atoms with E-state index in [2.05, 4.69) is 66.3 Å². The summed E-state index contributed by atoms with van der Waals surface area (Å²) in [7, 11) is 0. The van der Waals surface area contributed by atoms with Crippen LogP contribution >= 0.6 is 0 Å². The largest absolute Gasteiger partial charge is 0.479 e. The number of hydrogen-bond donors (Lipinski definition) is 3. The zero-order valence-electron chi connectivity index (χ0n) is 42.6. The van der Waals surface area contributed by atoms with Gasteiger partial charge in [0.1, 0.15) is 18.9 Å². The number of esters is 3. The van der Waals surface area contributed by atoms with Crippen LogP contribution in [-0.4, -0.2) is 98.3 Å². The van der Waals surface area contributed by atoms with Crippen LogP contribution in [0.2, 0.25) is 0 Å². The van der Waals surface area contributed by atoms with Crippen molar-refractivity contribution in [2.45, 2.75) is 73.3 Å². The molecule has 74 heavy (non-hydrogen) atoms. The Kier molecular flexibility index (Phi) is 17.0. The van der Waals surface area contributed by atoms with E-state index in [1.54, 1.807) is 42.7 Å². The average Bonchev–Trinajstić information content (AvgIpc) is 3.83. The van der Waals surface area contributed by atoms with Crippen molar-refractivity contribution in [1.29, 1.82) is 0 Å². The summed E-state index contributed by atoms with van der Waals surface area (Å²) in [5.41, 5.74) is 8.63. The van der Waals surface area contributed by atoms with Gasteiger partial charge in [-0.25, -0.2) is 24.2 Å². The first kappa shape index (κ1) is 53.5. The molecule has 7 aromatic rings. The highest BCUT2D eigenvalue weighted by Crippen LogP contribution is 2.45. The Labute approximate surface area is 428 Å². The minimum atomic E-state index is -1.16. The fourth-order valence-corrected chi connectivity index (χ4v) is 8.83. The second-order valence-electron chi connectivity index (χ2n) is 18.5. The zero-order valence-corrected chi connectivity index (χ0v) is 42.6. The number of aryl methyl sites for hydroxylation is 4. The quantitative estimate of drug-likeness (QED) is 0.0502. The van der Waals surface area contributed by atoms with Gasteiger partial charge >= 0.3 is 23.9 Å². The second kappa shape index (κ2) is 23.5. The summed E-state index contributed by atoms with van der Waals surface area (Å²) in [5.74, 6) is -3.82. The highest BCUT2D eigenvalue weighted by Gasteiger charge is 2.47. The third-order valence-corrected chi connectivity index (χ3v) is 13.1. The number of H-pyrrole nitrogens is 1. The number of carboxylic acid groups (broad SMARTS) is 1. The van der Waals surface area contributed by atoms with Crippen LogP contribution in [0.1, 0.15) is 90.9 Å². The number of ether oxygens (including phenoxy) is 4. The van der Waals surface area contributed by atoms with Crippen molar-refractivity contribution in [3.63, 3.8) is 0 Å². The Morgan fingerprint density at radius 3 is 1.65 bits per heavy atom. The molecule has 1 aliphatic rings. The molecule has 0 bridgehead atoms. The molecule has 2 unspecified atom stereocenters. The third kappa shape index (κ3) is 12.1. The first-order valence-corrected chi connectivity index (χ1v) is 24.1. The SMILES string of the molecule is Cc1cc(C(=O)OCC(=O)O)cc(C)c1C.Cc1cc(C(=O)OCC(=O)OCC2CN(C(c3ccccc3)(c3ccccc3)c3ccccc3)CC(n3cnc4c(=O)[nH]c(NC(=O)C(C)C)nc43)O2)cc(C)c1C. The smallest absolute Gasteiger partial charge is 0.344 e. The molecule has 17 heteroatoms. The molecule has 0 saturated carbocycles. The Balaban J connectivity index is 0.000000428. The highest BCUT2D eigenvalue weighted by atomic mass is 16.6. The molecule has 3 N–H and O–H groups in total. The maximum absolute atomic E-state index is 13.2. The van der Waals surface area contributed by atoms with E-state index < -0.39 is 60.5 Å². The molecule has 1 saturated heterocycles. The number of nitrogens with zero attached hydrogens (tertiary/aromatic N) is 4. The lowest BCUT2D eigenvalue weighted by Crippen LogP contribution is -2.57. The monoisotopic (exact) mass is 1000 g/mol. The lowest BCUT2D eigenvalue weighted by molar-refractivity contribution is -0.171. The molecule has 0 aliphatic carbocycles. The van der Waals surface area contributed by atoms with Gasteiger partial charge in [-0.1, -0.05) is 105 Å². The van der Waals surface area contributed by atoms with Crippen LogP contribution in [0.3, 0.4) is 0 Å². The number of nitrogens with one attached hydrogen (secondary N) is 2. The summed E-state index contributed by atoms with van der Waals surface area (Å²) < 4.78 is 24.1. The van der Waals surface area contributed by atoms with E-state index >= 15 is 0 Å². The standard InChI is InChI=1S/C45H46N6O7.C12H14O4/c1-28(2)41(53)48-44-47-40-39(42(54)49-44)46-27-51(40)37-24-50(23-36(58-37)25-56-38(52)26-57-43(55)32-21-29(3)31(5)30(4)22-32)45(33-15-9-6-10-16-33,34-17-11-7-12-18-34)35-19-13-8-14-20-35;1-7-4-10(5-8(2)9(7)3)12(15)16-6-11(13)14/h6-22,27-28,36-37H,23-26H2,1-5H3,(H2,47,48,49,53,54);4-5H,6H2,1-3H3,(H,13,14). The minimum absolute atomic E-state index is 0.0196. The summed E-state index contributed by atoms with van der Waals surface area (Å²) in [6, 6.07) is 37.3. The molecule has 384 valence electrons. The number of hydrogen-bond acceptors (Lipinski definition) is 13. The van der Waals surface area contributed by atoms with Gasteiger partial charge in [0.2, 0.25) is 11.9 Å². The number of carbonyl (C=O) groups is 5. The zero-order chi connectivity index (χ0) is 53.3. The number of fused-ring (bicyclic) bond motifs is 1. The number of aliphatic carboxylic acids is 1. The Morgan fingerprint density at radius 1 is 0.716 bits per heavy atom. The van der Waals surface area contributed by atoms with Gasteiger partial charge in [0.25, 0.3) is 5.56 Å². The molecular weight excluding hydrogens is 945 g/mol. The van der Waals surface area contributed by atoms with Crippen LogP contribution in [-0.2, 0) is 38.9 Å². The lowest BCUT2D eigenvalue weighted by Gasteiger charge is -2.50. The number of aromatic amines is 1. The third-order valence-electron chi connectivity index (χ3n) is 13.1. The van der Waals surface area contributed by atoms with Gasteiger partial charge in [-0.05, 0) is 116 Å². The van der Waals surface area contributed by atoms with Gasteiger partial charge in [0.15, 0.2) is 24.4 Å². The van der Waals surface area contributed by atoms with Gasteiger partial charge < -0.3 is 24.1 Å². The van der Waals surface area contributed by atoms with Crippen LogP contribution in [0.4, 0.5) is 5.95 Å². The number of amides is 1. The lowest BCUT2D eigenvalue weighted by atomic mass is 9.75. The number of carbonyl (C=O) groups excluding carboxylic acids is 4. The molecule has 2 aromatic heterocycles.